The van der Waals surface area contributed by atoms with Crippen molar-refractivity contribution >= 4 is 5.91 Å². The molecule has 2 aromatic rings. The van der Waals surface area contributed by atoms with E-state index in [2.05, 4.69) is 31.0 Å². The molecule has 1 amide bonds. The van der Waals surface area contributed by atoms with Gasteiger partial charge in [-0.1, -0.05) is 0 Å². The van der Waals surface area contributed by atoms with Gasteiger partial charge in [-0.15, -0.1) is 20.4 Å². The fourth-order valence-electron chi connectivity index (χ4n) is 2.98. The molecule has 0 radical (unpaired) electrons. The molecule has 1 saturated carbocycles. The summed E-state index contributed by atoms with van der Waals surface area (Å²) >= 11 is 0. The van der Waals surface area contributed by atoms with Crippen molar-refractivity contribution in [1.82, 2.24) is 34.4 Å². The Bertz CT molecular complexity index is 767. The Morgan fingerprint density at radius 1 is 1.26 bits per heavy atom. The molecule has 1 fully saturated rings. The second-order valence-electron chi connectivity index (χ2n) is 6.09. The van der Waals surface area contributed by atoms with E-state index in [1.165, 1.54) is 0 Å². The van der Waals surface area contributed by atoms with Crippen LogP contribution in [0.25, 0.3) is 0 Å². The van der Waals surface area contributed by atoms with Crippen LogP contribution in [0.3, 0.4) is 0 Å². The number of rotatable bonds is 3. The first-order valence-electron chi connectivity index (χ1n) is 7.66. The summed E-state index contributed by atoms with van der Waals surface area (Å²) in [4.78, 5) is 14.3. The maximum absolute atomic E-state index is 12.6. The van der Waals surface area contributed by atoms with Gasteiger partial charge in [-0.3, -0.25) is 4.79 Å². The first kappa shape index (κ1) is 13.9. The van der Waals surface area contributed by atoms with Crippen molar-refractivity contribution in [2.75, 3.05) is 6.54 Å². The Labute approximate surface area is 132 Å². The van der Waals surface area contributed by atoms with Crippen LogP contribution in [-0.4, -0.2) is 46.9 Å². The third kappa shape index (κ3) is 2.36. The van der Waals surface area contributed by atoms with E-state index >= 15 is 0 Å². The Kier molecular flexibility index (Phi) is 3.11. The number of nitriles is 1. The molecule has 3 heterocycles. The number of carbonyl (C=O) groups excluding carboxylic acids is 1. The summed E-state index contributed by atoms with van der Waals surface area (Å²) in [5.41, 5.74) is -0.777. The summed E-state index contributed by atoms with van der Waals surface area (Å²) in [6.07, 6.45) is 5.44. The third-order valence-corrected chi connectivity index (χ3v) is 4.50. The zero-order valence-corrected chi connectivity index (χ0v) is 12.6. The lowest BCUT2D eigenvalue weighted by Gasteiger charge is -2.21. The first-order chi connectivity index (χ1) is 11.2. The van der Waals surface area contributed by atoms with Crippen molar-refractivity contribution in [3.05, 3.63) is 24.3 Å². The molecule has 1 aliphatic heterocycles. The number of hydrogen-bond donors (Lipinski definition) is 0. The van der Waals surface area contributed by atoms with E-state index < -0.39 is 5.41 Å². The lowest BCUT2D eigenvalue weighted by atomic mass is 10.1. The number of hydrogen-bond acceptors (Lipinski definition) is 6. The standard InChI is InChI=1S/C14H16N8O/c15-8-14(2-3-14)13(23)21-4-1-5-22-11(18-19-12(22)7-21)6-20-9-16-17-10-20/h9-10H,1-7H2. The average Bonchev–Trinajstić information content (AvgIpc) is 3.14. The highest BCUT2D eigenvalue weighted by Crippen LogP contribution is 2.46. The van der Waals surface area contributed by atoms with Gasteiger partial charge < -0.3 is 14.0 Å². The molecule has 2 aromatic heterocycles. The molecule has 0 bridgehead atoms. The minimum atomic E-state index is -0.777. The second-order valence-corrected chi connectivity index (χ2v) is 6.09. The minimum absolute atomic E-state index is 0.0585. The maximum atomic E-state index is 12.6. The largest absolute Gasteiger partial charge is 0.334 e. The minimum Gasteiger partial charge on any atom is -0.334 e. The topological polar surface area (TPSA) is 106 Å². The van der Waals surface area contributed by atoms with Crippen LogP contribution in [0.15, 0.2) is 12.7 Å². The molecular formula is C14H16N8O. The molecule has 9 heteroatoms. The van der Waals surface area contributed by atoms with Crippen molar-refractivity contribution in [3.8, 4) is 6.07 Å². The molecule has 9 nitrogen and oxygen atoms in total. The van der Waals surface area contributed by atoms with Crippen LogP contribution in [0.4, 0.5) is 0 Å². The van der Waals surface area contributed by atoms with E-state index in [9.17, 15) is 10.1 Å². The van der Waals surface area contributed by atoms with Crippen molar-refractivity contribution in [2.45, 2.75) is 38.9 Å². The normalized spacial score (nSPS) is 18.8. The predicted octanol–water partition coefficient (Wildman–Crippen LogP) is -0.0460. The molecule has 2 aliphatic rings. The Morgan fingerprint density at radius 3 is 2.74 bits per heavy atom. The van der Waals surface area contributed by atoms with E-state index in [-0.39, 0.29) is 5.91 Å². The number of fused-ring (bicyclic) bond motifs is 1. The van der Waals surface area contributed by atoms with Gasteiger partial charge in [-0.25, -0.2) is 0 Å². The Morgan fingerprint density at radius 2 is 2.04 bits per heavy atom. The summed E-state index contributed by atoms with van der Waals surface area (Å²) in [6, 6.07) is 2.18. The first-order valence-corrected chi connectivity index (χ1v) is 7.66. The van der Waals surface area contributed by atoms with Gasteiger partial charge >= 0.3 is 0 Å². The summed E-state index contributed by atoms with van der Waals surface area (Å²) in [7, 11) is 0. The van der Waals surface area contributed by atoms with Gasteiger partial charge in [0.15, 0.2) is 11.6 Å². The van der Waals surface area contributed by atoms with Gasteiger partial charge in [0.1, 0.15) is 18.1 Å². The van der Waals surface area contributed by atoms with Crippen molar-refractivity contribution in [3.63, 3.8) is 0 Å². The third-order valence-electron chi connectivity index (χ3n) is 4.50. The van der Waals surface area contributed by atoms with Gasteiger partial charge in [-0.05, 0) is 19.3 Å². The van der Waals surface area contributed by atoms with Gasteiger partial charge in [-0.2, -0.15) is 5.26 Å². The molecule has 0 saturated heterocycles. The van der Waals surface area contributed by atoms with Crippen LogP contribution in [0.1, 0.15) is 30.9 Å². The van der Waals surface area contributed by atoms with Gasteiger partial charge in [0.05, 0.1) is 19.2 Å². The molecule has 0 spiro atoms. The van der Waals surface area contributed by atoms with E-state index in [1.54, 1.807) is 17.6 Å². The zero-order chi connectivity index (χ0) is 15.9. The van der Waals surface area contributed by atoms with Crippen LogP contribution in [0, 0.1) is 16.7 Å². The van der Waals surface area contributed by atoms with Crippen molar-refractivity contribution in [2.24, 2.45) is 5.41 Å². The monoisotopic (exact) mass is 312 g/mol. The smallest absolute Gasteiger partial charge is 0.243 e. The average molecular weight is 312 g/mol. The number of carbonyl (C=O) groups is 1. The maximum Gasteiger partial charge on any atom is 0.243 e. The zero-order valence-electron chi connectivity index (χ0n) is 12.6. The summed E-state index contributed by atoms with van der Waals surface area (Å²) in [5.74, 6) is 1.54. The quantitative estimate of drug-likeness (QED) is 0.787. The molecule has 0 N–H and O–H groups in total. The van der Waals surface area contributed by atoms with Crippen LogP contribution in [0.2, 0.25) is 0 Å². The Hall–Kier alpha value is -2.76. The van der Waals surface area contributed by atoms with Gasteiger partial charge in [0.25, 0.3) is 0 Å². The molecular weight excluding hydrogens is 296 g/mol. The van der Waals surface area contributed by atoms with Crippen LogP contribution >= 0.6 is 0 Å². The predicted molar refractivity (Wildman–Crippen MR) is 76.5 cm³/mol. The Balaban J connectivity index is 1.55. The van der Waals surface area contributed by atoms with E-state index in [4.69, 9.17) is 0 Å². The van der Waals surface area contributed by atoms with Gasteiger partial charge in [0.2, 0.25) is 5.91 Å². The van der Waals surface area contributed by atoms with Gasteiger partial charge in [0, 0.05) is 13.1 Å². The van der Waals surface area contributed by atoms with Crippen LogP contribution in [-0.2, 0) is 24.4 Å². The van der Waals surface area contributed by atoms with E-state index in [0.717, 1.165) is 24.6 Å². The number of amides is 1. The lowest BCUT2D eigenvalue weighted by molar-refractivity contribution is -0.135. The molecule has 4 rings (SSSR count). The van der Waals surface area contributed by atoms with Crippen molar-refractivity contribution < 1.29 is 4.79 Å². The molecule has 118 valence electrons. The highest BCUT2D eigenvalue weighted by atomic mass is 16.2. The van der Waals surface area contributed by atoms with Crippen LogP contribution < -0.4 is 0 Å². The van der Waals surface area contributed by atoms with Crippen LogP contribution in [0.5, 0.6) is 0 Å². The number of nitrogens with zero attached hydrogens (tertiary/aromatic N) is 8. The molecule has 0 unspecified atom stereocenters. The van der Waals surface area contributed by atoms with E-state index in [1.807, 2.05) is 4.57 Å². The van der Waals surface area contributed by atoms with E-state index in [0.29, 0.717) is 32.5 Å². The summed E-state index contributed by atoms with van der Waals surface area (Å²) < 4.78 is 3.89. The molecule has 0 aromatic carbocycles. The molecule has 23 heavy (non-hydrogen) atoms. The summed E-state index contributed by atoms with van der Waals surface area (Å²) in [6.45, 7) is 2.38. The summed E-state index contributed by atoms with van der Waals surface area (Å²) in [5, 5.41) is 25.3. The second kappa shape index (κ2) is 5.15. The number of aromatic nitrogens is 6. The van der Waals surface area contributed by atoms with Crippen molar-refractivity contribution in [1.29, 1.82) is 5.26 Å². The fourth-order valence-corrected chi connectivity index (χ4v) is 2.98. The lowest BCUT2D eigenvalue weighted by Crippen LogP contribution is -2.36. The molecule has 0 atom stereocenters. The molecule has 1 aliphatic carbocycles. The highest BCUT2D eigenvalue weighted by Gasteiger charge is 2.52. The fraction of sp³-hybridized carbons (Fsp3) is 0.571. The SMILES string of the molecule is N#CC1(C(=O)N2CCCn3c(nnc3Cn3cnnc3)C2)CC1. The highest BCUT2D eigenvalue weighted by molar-refractivity contribution is 5.88.